The second kappa shape index (κ2) is 71.1. The van der Waals surface area contributed by atoms with Crippen LogP contribution < -0.4 is 5.32 Å². The number of hydrogen-bond acceptors (Lipinski definition) is 5. The van der Waals surface area contributed by atoms with E-state index in [1.54, 1.807) is 6.08 Å². The fraction of sp³-hybridized carbons (Fsp3) is 0.947. The largest absolute Gasteiger partial charge is 0.466 e. The lowest BCUT2D eigenvalue weighted by atomic mass is 10.0. The Labute approximate surface area is 508 Å². The highest BCUT2D eigenvalue weighted by atomic mass is 16.5. The van der Waals surface area contributed by atoms with Gasteiger partial charge in [0.2, 0.25) is 5.91 Å². The maximum Gasteiger partial charge on any atom is 0.305 e. The van der Waals surface area contributed by atoms with Gasteiger partial charge in [0.25, 0.3) is 0 Å². The molecule has 2 unspecified atom stereocenters. The Morgan fingerprint density at radius 2 is 0.568 bits per heavy atom. The molecule has 0 rings (SSSR count). The van der Waals surface area contributed by atoms with Crippen LogP contribution in [0.15, 0.2) is 12.2 Å². The lowest BCUT2D eigenvalue weighted by Gasteiger charge is -2.20. The van der Waals surface area contributed by atoms with Gasteiger partial charge in [-0.15, -0.1) is 0 Å². The molecule has 81 heavy (non-hydrogen) atoms. The number of esters is 1. The van der Waals surface area contributed by atoms with Crippen molar-refractivity contribution in [3.8, 4) is 0 Å². The van der Waals surface area contributed by atoms with Crippen LogP contribution in [0, 0.1) is 0 Å². The highest BCUT2D eigenvalue weighted by molar-refractivity contribution is 5.76. The van der Waals surface area contributed by atoms with E-state index in [2.05, 4.69) is 19.2 Å². The molecule has 0 bridgehead atoms. The number of rotatable bonds is 71. The molecule has 1 amide bonds. The first-order valence-electron chi connectivity index (χ1n) is 37.5. The van der Waals surface area contributed by atoms with Crippen molar-refractivity contribution in [2.24, 2.45) is 0 Å². The maximum atomic E-state index is 12.5. The summed E-state index contributed by atoms with van der Waals surface area (Å²) in [5.74, 6) is -0.0390. The zero-order chi connectivity index (χ0) is 58.5. The van der Waals surface area contributed by atoms with E-state index < -0.39 is 12.1 Å². The lowest BCUT2D eigenvalue weighted by molar-refractivity contribution is -0.143. The monoisotopic (exact) mass is 1140 g/mol. The van der Waals surface area contributed by atoms with Gasteiger partial charge in [0.05, 0.1) is 25.4 Å². The summed E-state index contributed by atoms with van der Waals surface area (Å²) in [7, 11) is 0. The third-order valence-electron chi connectivity index (χ3n) is 17.8. The summed E-state index contributed by atoms with van der Waals surface area (Å²) >= 11 is 0. The highest BCUT2D eigenvalue weighted by Crippen LogP contribution is 2.20. The Hall–Kier alpha value is -1.40. The zero-order valence-corrected chi connectivity index (χ0v) is 55.3. The van der Waals surface area contributed by atoms with Crippen molar-refractivity contribution >= 4 is 11.9 Å². The van der Waals surface area contributed by atoms with Crippen molar-refractivity contribution < 1.29 is 24.5 Å². The van der Waals surface area contributed by atoms with Crippen molar-refractivity contribution in [1.29, 1.82) is 0 Å². The molecule has 0 saturated heterocycles. The average molecular weight is 1140 g/mol. The Morgan fingerprint density at radius 3 is 0.840 bits per heavy atom. The molecule has 0 fully saturated rings. The Kier molecular flexibility index (Phi) is 69.9. The fourth-order valence-electron chi connectivity index (χ4n) is 12.1. The molecule has 6 heteroatoms. The lowest BCUT2D eigenvalue weighted by Crippen LogP contribution is -2.45. The topological polar surface area (TPSA) is 95.9 Å². The molecule has 482 valence electrons. The average Bonchev–Trinajstić information content (AvgIpc) is 3.47. The number of nitrogens with one attached hydrogen (secondary N) is 1. The Balaban J connectivity index is 3.37. The van der Waals surface area contributed by atoms with Gasteiger partial charge in [-0.2, -0.15) is 0 Å². The van der Waals surface area contributed by atoms with Crippen LogP contribution in [0.25, 0.3) is 0 Å². The molecule has 0 aromatic rings. The summed E-state index contributed by atoms with van der Waals surface area (Å²) in [6, 6.07) is -0.627. The van der Waals surface area contributed by atoms with E-state index in [0.717, 1.165) is 38.5 Å². The first-order chi connectivity index (χ1) is 40.0. The molecule has 0 saturated carbocycles. The standard InChI is InChI=1S/C75H147NO5/c1-3-5-7-9-11-13-15-17-19-21-22-23-30-33-36-39-43-47-51-55-59-63-67-73(78)72(71-77)76-74(79)68-64-60-56-52-48-44-40-37-34-31-28-26-24-25-27-29-32-35-38-42-46-50-54-58-62-66-70-81-75(80)69-65-61-57-53-49-45-41-20-18-16-14-12-10-8-6-4-2/h63,67,72-73,77-78H,3-62,64-66,68-71H2,1-2H3,(H,76,79)/b67-63+. The summed E-state index contributed by atoms with van der Waals surface area (Å²) in [6.45, 7) is 4.96. The van der Waals surface area contributed by atoms with Crippen molar-refractivity contribution in [2.45, 2.75) is 443 Å². The summed E-state index contributed by atoms with van der Waals surface area (Å²) in [4.78, 5) is 24.6. The summed E-state index contributed by atoms with van der Waals surface area (Å²) in [5, 5.41) is 23.3. The molecular formula is C75H147NO5. The molecule has 2 atom stereocenters. The van der Waals surface area contributed by atoms with Gasteiger partial charge < -0.3 is 20.3 Å². The molecule has 0 aliphatic carbocycles. The minimum Gasteiger partial charge on any atom is -0.466 e. The van der Waals surface area contributed by atoms with Crippen LogP contribution in [0.5, 0.6) is 0 Å². The number of unbranched alkanes of at least 4 members (excludes halogenated alkanes) is 60. The van der Waals surface area contributed by atoms with Gasteiger partial charge >= 0.3 is 5.97 Å². The summed E-state index contributed by atoms with van der Waals surface area (Å²) in [5.41, 5.74) is 0. The molecule has 0 aromatic carbocycles. The molecule has 0 aliphatic heterocycles. The van der Waals surface area contributed by atoms with Gasteiger partial charge in [-0.05, 0) is 32.1 Å². The number of carbonyl (C=O) groups excluding carboxylic acids is 2. The van der Waals surface area contributed by atoms with E-state index in [-0.39, 0.29) is 18.5 Å². The Bertz CT molecular complexity index is 1220. The van der Waals surface area contributed by atoms with Gasteiger partial charge in [-0.1, -0.05) is 398 Å². The number of allylic oxidation sites excluding steroid dienone is 1. The van der Waals surface area contributed by atoms with Crippen molar-refractivity contribution in [3.63, 3.8) is 0 Å². The summed E-state index contributed by atoms with van der Waals surface area (Å²) < 4.78 is 5.51. The van der Waals surface area contributed by atoms with E-state index >= 15 is 0 Å². The molecule has 0 aliphatic rings. The number of carbonyl (C=O) groups is 2. The molecule has 0 radical (unpaired) electrons. The van der Waals surface area contributed by atoms with Crippen LogP contribution in [0.3, 0.4) is 0 Å². The van der Waals surface area contributed by atoms with E-state index in [9.17, 15) is 19.8 Å². The predicted molar refractivity (Wildman–Crippen MR) is 357 cm³/mol. The number of amides is 1. The fourth-order valence-corrected chi connectivity index (χ4v) is 12.1. The zero-order valence-electron chi connectivity index (χ0n) is 55.3. The van der Waals surface area contributed by atoms with Crippen LogP contribution in [-0.2, 0) is 14.3 Å². The minimum atomic E-state index is -0.843. The van der Waals surface area contributed by atoms with E-state index in [1.165, 1.54) is 366 Å². The third kappa shape index (κ3) is 67.6. The first-order valence-corrected chi connectivity index (χ1v) is 37.5. The number of ether oxygens (including phenoxy) is 1. The van der Waals surface area contributed by atoms with Crippen LogP contribution in [0.1, 0.15) is 431 Å². The number of aliphatic hydroxyl groups excluding tert-OH is 2. The van der Waals surface area contributed by atoms with Gasteiger partial charge in [0.15, 0.2) is 0 Å². The van der Waals surface area contributed by atoms with E-state index in [1.807, 2.05) is 6.08 Å². The first kappa shape index (κ1) is 79.6. The van der Waals surface area contributed by atoms with Gasteiger partial charge in [0.1, 0.15) is 0 Å². The smallest absolute Gasteiger partial charge is 0.305 e. The maximum absolute atomic E-state index is 12.5. The predicted octanol–water partition coefficient (Wildman–Crippen LogP) is 24.3. The molecule has 6 nitrogen and oxygen atoms in total. The van der Waals surface area contributed by atoms with Crippen LogP contribution in [0.2, 0.25) is 0 Å². The SMILES string of the molecule is CCCCCCCCCCCCCCCCCCCCCC/C=C/C(O)C(CO)NC(=O)CCCCCCCCCCCCCCCCCCCCCCCCCCCCOC(=O)CCCCCCCCCCCCCCCCCC. The molecule has 0 heterocycles. The minimum absolute atomic E-state index is 0.0216. The van der Waals surface area contributed by atoms with Crippen LogP contribution in [-0.4, -0.2) is 47.4 Å². The third-order valence-corrected chi connectivity index (χ3v) is 17.8. The molecule has 3 N–H and O–H groups in total. The number of aliphatic hydroxyl groups is 2. The number of hydrogen-bond donors (Lipinski definition) is 3. The van der Waals surface area contributed by atoms with Crippen molar-refractivity contribution in [2.75, 3.05) is 13.2 Å². The van der Waals surface area contributed by atoms with Gasteiger partial charge in [0, 0.05) is 12.8 Å². The second-order valence-electron chi connectivity index (χ2n) is 26.0. The van der Waals surface area contributed by atoms with E-state index in [0.29, 0.717) is 19.4 Å². The molecule has 0 spiro atoms. The van der Waals surface area contributed by atoms with Crippen LogP contribution >= 0.6 is 0 Å². The van der Waals surface area contributed by atoms with Gasteiger partial charge in [-0.25, -0.2) is 0 Å². The van der Waals surface area contributed by atoms with Crippen LogP contribution in [0.4, 0.5) is 0 Å². The van der Waals surface area contributed by atoms with Crippen molar-refractivity contribution in [1.82, 2.24) is 5.32 Å². The summed E-state index contributed by atoms with van der Waals surface area (Å²) in [6.07, 6.45) is 88.8. The highest BCUT2D eigenvalue weighted by Gasteiger charge is 2.18. The molecular weight excluding hydrogens is 995 g/mol. The van der Waals surface area contributed by atoms with E-state index in [4.69, 9.17) is 4.74 Å². The quantitative estimate of drug-likeness (QED) is 0.0320. The molecule has 0 aromatic heterocycles. The van der Waals surface area contributed by atoms with Gasteiger partial charge in [-0.3, -0.25) is 9.59 Å². The normalized spacial score (nSPS) is 12.5. The van der Waals surface area contributed by atoms with Crippen molar-refractivity contribution in [3.05, 3.63) is 12.2 Å². The Morgan fingerprint density at radius 1 is 0.333 bits per heavy atom. The second-order valence-corrected chi connectivity index (χ2v) is 26.0.